The van der Waals surface area contributed by atoms with Crippen molar-refractivity contribution in [1.29, 1.82) is 0 Å². The van der Waals surface area contributed by atoms with E-state index in [2.05, 4.69) is 12.2 Å². The lowest BCUT2D eigenvalue weighted by atomic mass is 9.95. The van der Waals surface area contributed by atoms with E-state index >= 15 is 0 Å². The third kappa shape index (κ3) is 4.78. The molecule has 1 aromatic rings. The summed E-state index contributed by atoms with van der Waals surface area (Å²) >= 11 is 0.576. The van der Waals surface area contributed by atoms with Crippen LogP contribution in [-0.4, -0.2) is 24.5 Å². The molecule has 2 rings (SSSR count). The molecule has 1 fully saturated rings. The molecule has 0 saturated carbocycles. The van der Waals surface area contributed by atoms with Crippen molar-refractivity contribution in [2.24, 2.45) is 0 Å². The Kier molecular flexibility index (Phi) is 5.24. The van der Waals surface area contributed by atoms with Crippen molar-refractivity contribution >= 4 is 11.8 Å². The molecule has 1 aromatic heterocycles. The van der Waals surface area contributed by atoms with Crippen LogP contribution in [0, 0.1) is 0 Å². The number of hydrogen-bond acceptors (Lipinski definition) is 4. The first kappa shape index (κ1) is 14.8. The van der Waals surface area contributed by atoms with Crippen LogP contribution in [-0.2, 0) is 17.0 Å². The standard InChI is InChI=1S/C13H19F2NO2S/c1-13(5-2-6-17-9-13)16-7-10-3-4-11(18-10)8-19-12(14)15/h3-4,12,16H,2,5-9H2,1H3. The Labute approximate surface area is 116 Å². The Hall–Kier alpha value is -0.590. The first-order valence-electron chi connectivity index (χ1n) is 6.37. The highest BCUT2D eigenvalue weighted by Crippen LogP contribution is 2.22. The van der Waals surface area contributed by atoms with Gasteiger partial charge >= 0.3 is 0 Å². The van der Waals surface area contributed by atoms with Crippen molar-refractivity contribution in [3.05, 3.63) is 23.7 Å². The van der Waals surface area contributed by atoms with Gasteiger partial charge in [0.25, 0.3) is 5.76 Å². The minimum Gasteiger partial charge on any atom is -0.464 e. The van der Waals surface area contributed by atoms with Gasteiger partial charge in [-0.25, -0.2) is 0 Å². The molecule has 1 unspecified atom stereocenters. The van der Waals surface area contributed by atoms with Gasteiger partial charge in [-0.2, -0.15) is 8.78 Å². The summed E-state index contributed by atoms with van der Waals surface area (Å²) in [5.74, 6) is -0.785. The molecule has 1 N–H and O–H groups in total. The van der Waals surface area contributed by atoms with E-state index in [0.29, 0.717) is 30.7 Å². The van der Waals surface area contributed by atoms with Gasteiger partial charge in [-0.1, -0.05) is 11.8 Å². The van der Waals surface area contributed by atoms with Crippen molar-refractivity contribution in [2.45, 2.75) is 43.4 Å². The first-order valence-corrected chi connectivity index (χ1v) is 7.42. The Morgan fingerprint density at radius 2 is 2.21 bits per heavy atom. The maximum atomic E-state index is 12.1. The highest BCUT2D eigenvalue weighted by atomic mass is 32.2. The summed E-state index contributed by atoms with van der Waals surface area (Å²) in [5.41, 5.74) is -0.0249. The van der Waals surface area contributed by atoms with Crippen LogP contribution in [0.15, 0.2) is 16.5 Å². The van der Waals surface area contributed by atoms with E-state index in [1.54, 1.807) is 6.07 Å². The Bertz CT molecular complexity index is 392. The van der Waals surface area contributed by atoms with Crippen molar-refractivity contribution in [2.75, 3.05) is 13.2 Å². The second-order valence-electron chi connectivity index (χ2n) is 5.01. The third-order valence-corrected chi connectivity index (χ3v) is 3.90. The molecule has 6 heteroatoms. The van der Waals surface area contributed by atoms with Crippen molar-refractivity contribution < 1.29 is 17.9 Å². The molecule has 0 aromatic carbocycles. The quantitative estimate of drug-likeness (QED) is 0.871. The highest BCUT2D eigenvalue weighted by molar-refractivity contribution is 7.98. The fourth-order valence-electron chi connectivity index (χ4n) is 2.11. The summed E-state index contributed by atoms with van der Waals surface area (Å²) in [5, 5.41) is 3.42. The Morgan fingerprint density at radius 3 is 2.89 bits per heavy atom. The van der Waals surface area contributed by atoms with E-state index < -0.39 is 5.76 Å². The minimum atomic E-state index is -2.36. The van der Waals surface area contributed by atoms with Crippen LogP contribution in [0.5, 0.6) is 0 Å². The van der Waals surface area contributed by atoms with Crippen LogP contribution >= 0.6 is 11.8 Å². The molecule has 1 saturated heterocycles. The zero-order valence-electron chi connectivity index (χ0n) is 11.0. The summed E-state index contributed by atoms with van der Waals surface area (Å²) in [7, 11) is 0. The van der Waals surface area contributed by atoms with Gasteiger partial charge in [0.15, 0.2) is 0 Å². The summed E-state index contributed by atoms with van der Waals surface area (Å²) in [6.45, 7) is 4.25. The van der Waals surface area contributed by atoms with E-state index in [-0.39, 0.29) is 11.3 Å². The van der Waals surface area contributed by atoms with Gasteiger partial charge in [-0.3, -0.25) is 0 Å². The molecule has 2 heterocycles. The second kappa shape index (κ2) is 6.72. The number of thioether (sulfide) groups is 1. The lowest BCUT2D eigenvalue weighted by Crippen LogP contribution is -2.48. The summed E-state index contributed by atoms with van der Waals surface area (Å²) < 4.78 is 35.1. The predicted octanol–water partition coefficient (Wildman–Crippen LogP) is 3.39. The zero-order chi connectivity index (χ0) is 13.7. The van der Waals surface area contributed by atoms with Gasteiger partial charge in [-0.05, 0) is 31.9 Å². The molecule has 0 amide bonds. The van der Waals surface area contributed by atoms with Crippen molar-refractivity contribution in [3.63, 3.8) is 0 Å². The van der Waals surface area contributed by atoms with Gasteiger partial charge in [0.1, 0.15) is 11.5 Å². The van der Waals surface area contributed by atoms with Gasteiger partial charge in [-0.15, -0.1) is 0 Å². The molecule has 1 aliphatic heterocycles. The van der Waals surface area contributed by atoms with Crippen LogP contribution in [0.1, 0.15) is 31.3 Å². The number of alkyl halides is 2. The van der Waals surface area contributed by atoms with Crippen LogP contribution in [0.25, 0.3) is 0 Å². The zero-order valence-corrected chi connectivity index (χ0v) is 11.8. The Balaban J connectivity index is 1.79. The average Bonchev–Trinajstić information content (AvgIpc) is 2.83. The van der Waals surface area contributed by atoms with E-state index in [1.165, 1.54) is 0 Å². The van der Waals surface area contributed by atoms with Gasteiger partial charge < -0.3 is 14.5 Å². The van der Waals surface area contributed by atoms with E-state index in [4.69, 9.17) is 9.15 Å². The van der Waals surface area contributed by atoms with Crippen LogP contribution in [0.3, 0.4) is 0 Å². The third-order valence-electron chi connectivity index (χ3n) is 3.20. The molecule has 0 aliphatic carbocycles. The van der Waals surface area contributed by atoms with Crippen LogP contribution in [0.2, 0.25) is 0 Å². The smallest absolute Gasteiger partial charge is 0.284 e. The Morgan fingerprint density at radius 1 is 1.42 bits per heavy atom. The molecular formula is C13H19F2NO2S. The summed E-state index contributed by atoms with van der Waals surface area (Å²) in [6, 6.07) is 3.59. The molecule has 19 heavy (non-hydrogen) atoms. The molecule has 108 valence electrons. The number of halogens is 2. The maximum Gasteiger partial charge on any atom is 0.284 e. The predicted molar refractivity (Wildman–Crippen MR) is 71.3 cm³/mol. The lowest BCUT2D eigenvalue weighted by molar-refractivity contribution is 0.0270. The SMILES string of the molecule is CC1(NCc2ccc(CSC(F)F)o2)CCCOC1. The molecule has 1 aliphatic rings. The number of furan rings is 1. The molecular weight excluding hydrogens is 272 g/mol. The summed E-state index contributed by atoms with van der Waals surface area (Å²) in [4.78, 5) is 0. The average molecular weight is 291 g/mol. The molecule has 1 atom stereocenters. The molecule has 0 bridgehead atoms. The number of ether oxygens (including phenoxy) is 1. The number of rotatable bonds is 6. The monoisotopic (exact) mass is 291 g/mol. The number of nitrogens with one attached hydrogen (secondary N) is 1. The maximum absolute atomic E-state index is 12.1. The minimum absolute atomic E-state index is 0.0249. The van der Waals surface area contributed by atoms with Crippen molar-refractivity contribution in [1.82, 2.24) is 5.32 Å². The fraction of sp³-hybridized carbons (Fsp3) is 0.692. The highest BCUT2D eigenvalue weighted by Gasteiger charge is 2.27. The van der Waals surface area contributed by atoms with Crippen LogP contribution in [0.4, 0.5) is 8.78 Å². The largest absolute Gasteiger partial charge is 0.464 e. The molecule has 0 radical (unpaired) electrons. The normalized spacial score (nSPS) is 24.0. The van der Waals surface area contributed by atoms with E-state index in [9.17, 15) is 8.78 Å². The topological polar surface area (TPSA) is 34.4 Å². The van der Waals surface area contributed by atoms with Gasteiger partial charge in [0, 0.05) is 12.1 Å². The van der Waals surface area contributed by atoms with Crippen LogP contribution < -0.4 is 5.32 Å². The van der Waals surface area contributed by atoms with Crippen molar-refractivity contribution in [3.8, 4) is 0 Å². The van der Waals surface area contributed by atoms with E-state index in [1.807, 2.05) is 6.07 Å². The fourth-order valence-corrected chi connectivity index (χ4v) is 2.56. The second-order valence-corrected chi connectivity index (χ2v) is 5.99. The first-order chi connectivity index (χ1) is 9.07. The molecule has 3 nitrogen and oxygen atoms in total. The van der Waals surface area contributed by atoms with E-state index in [0.717, 1.165) is 25.2 Å². The lowest BCUT2D eigenvalue weighted by Gasteiger charge is -2.34. The van der Waals surface area contributed by atoms with Gasteiger partial charge in [0.2, 0.25) is 0 Å². The number of hydrogen-bond donors (Lipinski definition) is 1. The molecule has 0 spiro atoms. The van der Waals surface area contributed by atoms with Gasteiger partial charge in [0.05, 0.1) is 18.9 Å². The summed E-state index contributed by atoms with van der Waals surface area (Å²) in [6.07, 6.45) is 2.12.